The first kappa shape index (κ1) is 24.8. The molecule has 2 amide bonds. The Balaban J connectivity index is 1.31. The Morgan fingerprint density at radius 2 is 1.67 bits per heavy atom. The highest BCUT2D eigenvalue weighted by molar-refractivity contribution is 8.04. The largest absolute Gasteiger partial charge is 0.368 e. The molecule has 3 aromatic carbocycles. The summed E-state index contributed by atoms with van der Waals surface area (Å²) >= 11 is 13.7. The van der Waals surface area contributed by atoms with Crippen molar-refractivity contribution in [2.75, 3.05) is 43.0 Å². The Morgan fingerprint density at radius 1 is 0.917 bits per heavy atom. The average Bonchev–Trinajstić information content (AvgIpc) is 2.88. The number of carbonyl (C=O) groups is 2. The van der Waals surface area contributed by atoms with Gasteiger partial charge in [-0.2, -0.15) is 0 Å². The summed E-state index contributed by atoms with van der Waals surface area (Å²) in [5.41, 5.74) is 4.48. The molecule has 2 heterocycles. The third-order valence-electron chi connectivity index (χ3n) is 6.53. The maximum atomic E-state index is 13.3. The van der Waals surface area contributed by atoms with Gasteiger partial charge in [0.1, 0.15) is 0 Å². The minimum atomic E-state index is -0.109. The highest BCUT2D eigenvalue weighted by atomic mass is 35.5. The molecule has 36 heavy (non-hydrogen) atoms. The number of rotatable bonds is 3. The van der Waals surface area contributed by atoms with Gasteiger partial charge in [-0.1, -0.05) is 53.2 Å². The van der Waals surface area contributed by atoms with Crippen molar-refractivity contribution in [3.63, 3.8) is 0 Å². The summed E-state index contributed by atoms with van der Waals surface area (Å²) in [5.74, 6) is -0.131. The molecule has 8 heteroatoms. The van der Waals surface area contributed by atoms with Gasteiger partial charge in [-0.3, -0.25) is 9.59 Å². The summed E-state index contributed by atoms with van der Waals surface area (Å²) in [7, 11) is 1.74. The first-order chi connectivity index (χ1) is 17.3. The number of halogens is 2. The van der Waals surface area contributed by atoms with Gasteiger partial charge in [0.05, 0.1) is 10.6 Å². The van der Waals surface area contributed by atoms with Gasteiger partial charge in [0.25, 0.3) is 11.8 Å². The highest BCUT2D eigenvalue weighted by Gasteiger charge is 2.29. The summed E-state index contributed by atoms with van der Waals surface area (Å²) in [6, 6.07) is 18.9. The van der Waals surface area contributed by atoms with E-state index in [0.717, 1.165) is 34.9 Å². The molecular formula is C28H25Cl2N3O2S. The van der Waals surface area contributed by atoms with Crippen LogP contribution in [0.5, 0.6) is 0 Å². The number of carbonyl (C=O) groups excluding carboxylic acids is 2. The van der Waals surface area contributed by atoms with E-state index in [9.17, 15) is 9.59 Å². The Hall–Kier alpha value is -2.93. The average molecular weight is 539 g/mol. The number of likely N-dealkylation sites (N-methyl/N-ethyl adjacent to an activating group) is 1. The summed E-state index contributed by atoms with van der Waals surface area (Å²) in [4.78, 5) is 33.7. The van der Waals surface area contributed by atoms with Crippen molar-refractivity contribution < 1.29 is 9.59 Å². The third-order valence-corrected chi connectivity index (χ3v) is 8.08. The zero-order chi connectivity index (χ0) is 25.4. The SMILES string of the molecule is Cc1ccc(Cl)cc1N1CCN(C(=O)c2ccc3c(c2)N(C)C(=O)C(=Cc2cccc(Cl)c2)S3)CC1. The van der Waals surface area contributed by atoms with Gasteiger partial charge in [-0.25, -0.2) is 0 Å². The van der Waals surface area contributed by atoms with E-state index in [0.29, 0.717) is 33.6 Å². The quantitative estimate of drug-likeness (QED) is 0.364. The van der Waals surface area contributed by atoms with Gasteiger partial charge in [0, 0.05) is 59.4 Å². The maximum Gasteiger partial charge on any atom is 0.264 e. The molecule has 0 aliphatic carbocycles. The first-order valence-corrected chi connectivity index (χ1v) is 13.2. The minimum Gasteiger partial charge on any atom is -0.368 e. The fourth-order valence-electron chi connectivity index (χ4n) is 4.53. The second-order valence-corrected chi connectivity index (χ2v) is 10.9. The highest BCUT2D eigenvalue weighted by Crippen LogP contribution is 2.42. The number of thioether (sulfide) groups is 1. The van der Waals surface area contributed by atoms with E-state index in [1.165, 1.54) is 17.3 Å². The topological polar surface area (TPSA) is 43.9 Å². The van der Waals surface area contributed by atoms with Crippen molar-refractivity contribution in [3.05, 3.63) is 92.3 Å². The molecule has 0 atom stereocenters. The van der Waals surface area contributed by atoms with Gasteiger partial charge < -0.3 is 14.7 Å². The molecule has 2 aliphatic rings. The monoisotopic (exact) mass is 537 g/mol. The van der Waals surface area contributed by atoms with Crippen LogP contribution >= 0.6 is 35.0 Å². The van der Waals surface area contributed by atoms with Gasteiger partial charge in [0.15, 0.2) is 0 Å². The number of benzene rings is 3. The zero-order valence-corrected chi connectivity index (χ0v) is 22.3. The molecule has 0 spiro atoms. The summed E-state index contributed by atoms with van der Waals surface area (Å²) in [6.07, 6.45) is 1.85. The summed E-state index contributed by atoms with van der Waals surface area (Å²) in [6.45, 7) is 4.80. The smallest absolute Gasteiger partial charge is 0.264 e. The van der Waals surface area contributed by atoms with Crippen LogP contribution in [0, 0.1) is 6.92 Å². The van der Waals surface area contributed by atoms with E-state index >= 15 is 0 Å². The molecule has 0 saturated carbocycles. The number of fused-ring (bicyclic) bond motifs is 1. The summed E-state index contributed by atoms with van der Waals surface area (Å²) in [5, 5.41) is 1.34. The number of nitrogens with zero attached hydrogens (tertiary/aromatic N) is 3. The molecule has 1 saturated heterocycles. The lowest BCUT2D eigenvalue weighted by Gasteiger charge is -2.37. The molecule has 0 bridgehead atoms. The van der Waals surface area contributed by atoms with Gasteiger partial charge >= 0.3 is 0 Å². The molecule has 3 aromatic rings. The lowest BCUT2D eigenvalue weighted by atomic mass is 10.1. The van der Waals surface area contributed by atoms with Crippen molar-refractivity contribution >= 4 is 64.2 Å². The molecular weight excluding hydrogens is 513 g/mol. The third kappa shape index (κ3) is 4.99. The van der Waals surface area contributed by atoms with E-state index < -0.39 is 0 Å². The van der Waals surface area contributed by atoms with Gasteiger partial charge in [0.2, 0.25) is 0 Å². The number of aryl methyl sites for hydroxylation is 1. The van der Waals surface area contributed by atoms with Crippen molar-refractivity contribution in [2.45, 2.75) is 11.8 Å². The predicted octanol–water partition coefficient (Wildman–Crippen LogP) is 6.37. The van der Waals surface area contributed by atoms with Crippen molar-refractivity contribution in [3.8, 4) is 0 Å². The fourth-order valence-corrected chi connectivity index (χ4v) is 5.99. The minimum absolute atomic E-state index is 0.0219. The number of amides is 2. The number of anilines is 2. The van der Waals surface area contributed by atoms with E-state index in [4.69, 9.17) is 23.2 Å². The Morgan fingerprint density at radius 3 is 2.42 bits per heavy atom. The fraction of sp³-hybridized carbons (Fsp3) is 0.214. The molecule has 0 radical (unpaired) electrons. The molecule has 5 rings (SSSR count). The molecule has 184 valence electrons. The Kier molecular flexibility index (Phi) is 7.02. The van der Waals surface area contributed by atoms with Crippen LogP contribution in [0.3, 0.4) is 0 Å². The second kappa shape index (κ2) is 10.2. The lowest BCUT2D eigenvalue weighted by molar-refractivity contribution is -0.114. The van der Waals surface area contributed by atoms with Crippen LogP contribution in [0.15, 0.2) is 70.5 Å². The van der Waals surface area contributed by atoms with Crippen molar-refractivity contribution in [2.24, 2.45) is 0 Å². The zero-order valence-electron chi connectivity index (χ0n) is 20.0. The van der Waals surface area contributed by atoms with E-state index in [1.807, 2.05) is 65.6 Å². The standard InChI is InChI=1S/C28H25Cl2N3O2S/c1-18-6-8-22(30)17-23(18)32-10-12-33(13-11-32)27(34)20-7-9-25-24(16-20)31(2)28(35)26(36-25)15-19-4-3-5-21(29)14-19/h3-9,14-17H,10-13H2,1-2H3. The molecule has 5 nitrogen and oxygen atoms in total. The predicted molar refractivity (Wildman–Crippen MR) is 149 cm³/mol. The molecule has 1 fully saturated rings. The van der Waals surface area contributed by atoms with Crippen LogP contribution < -0.4 is 9.80 Å². The van der Waals surface area contributed by atoms with Gasteiger partial charge in [-0.05, 0) is 66.6 Å². The number of hydrogen-bond donors (Lipinski definition) is 0. The summed E-state index contributed by atoms with van der Waals surface area (Å²) < 4.78 is 0. The van der Waals surface area contributed by atoms with E-state index in [1.54, 1.807) is 18.0 Å². The van der Waals surface area contributed by atoms with Crippen molar-refractivity contribution in [1.29, 1.82) is 0 Å². The number of hydrogen-bond acceptors (Lipinski definition) is 4. The normalized spacial score (nSPS) is 16.9. The van der Waals surface area contributed by atoms with Crippen LogP contribution in [-0.2, 0) is 4.79 Å². The molecule has 2 aliphatic heterocycles. The van der Waals surface area contributed by atoms with Crippen LogP contribution in [0.2, 0.25) is 10.0 Å². The van der Waals surface area contributed by atoms with Crippen LogP contribution in [0.4, 0.5) is 11.4 Å². The molecule has 0 aromatic heterocycles. The second-order valence-electron chi connectivity index (χ2n) is 8.92. The maximum absolute atomic E-state index is 13.3. The number of piperazine rings is 1. The van der Waals surface area contributed by atoms with Crippen LogP contribution in [0.1, 0.15) is 21.5 Å². The first-order valence-electron chi connectivity index (χ1n) is 11.7. The van der Waals surface area contributed by atoms with E-state index in [-0.39, 0.29) is 11.8 Å². The van der Waals surface area contributed by atoms with Crippen LogP contribution in [0.25, 0.3) is 6.08 Å². The lowest BCUT2D eigenvalue weighted by Crippen LogP contribution is -2.49. The Bertz CT molecular complexity index is 1380. The van der Waals surface area contributed by atoms with Crippen LogP contribution in [-0.4, -0.2) is 49.9 Å². The molecule has 0 unspecified atom stereocenters. The van der Waals surface area contributed by atoms with E-state index in [2.05, 4.69) is 11.8 Å². The molecule has 0 N–H and O–H groups in total. The Labute approximate surface area is 225 Å². The van der Waals surface area contributed by atoms with Crippen molar-refractivity contribution in [1.82, 2.24) is 4.90 Å². The van der Waals surface area contributed by atoms with Gasteiger partial charge in [-0.15, -0.1) is 0 Å².